The molecule has 0 fully saturated rings. The number of nitrogens with one attached hydrogen (secondary N) is 1. The largest absolute Gasteiger partial charge is 1.00 e. The van der Waals surface area contributed by atoms with Gasteiger partial charge >= 0.3 is 29.6 Å². The molecule has 0 aliphatic rings. The van der Waals surface area contributed by atoms with Gasteiger partial charge in [0.05, 0.1) is 25.5 Å². The number of primary amides is 1. The van der Waals surface area contributed by atoms with Gasteiger partial charge in [-0.1, -0.05) is 23.2 Å². The van der Waals surface area contributed by atoms with Gasteiger partial charge in [-0.05, 0) is 36.4 Å². The first kappa shape index (κ1) is 27.4. The molecule has 0 atom stereocenters. The van der Waals surface area contributed by atoms with Gasteiger partial charge in [0.2, 0.25) is 0 Å². The summed E-state index contributed by atoms with van der Waals surface area (Å²) in [7, 11) is -9.07. The first-order valence-corrected chi connectivity index (χ1v) is 11.0. The van der Waals surface area contributed by atoms with E-state index in [0.717, 1.165) is 36.4 Å². The van der Waals surface area contributed by atoms with Crippen molar-refractivity contribution in [2.45, 2.75) is 9.79 Å². The van der Waals surface area contributed by atoms with Crippen LogP contribution < -0.4 is 40.7 Å². The average Bonchev–Trinajstić information content (AvgIpc) is 2.62. The van der Waals surface area contributed by atoms with Gasteiger partial charge in [-0.3, -0.25) is 19.3 Å². The third-order valence-electron chi connectivity index (χ3n) is 3.21. The number of halogens is 2. The number of carbonyl (C=O) groups excluding carboxylic acids is 1. The number of anilines is 1. The van der Waals surface area contributed by atoms with E-state index in [1.54, 1.807) is 0 Å². The van der Waals surface area contributed by atoms with Crippen molar-refractivity contribution in [2.24, 2.45) is 21.1 Å². The van der Waals surface area contributed by atoms with E-state index in [-0.39, 0.29) is 51.0 Å². The van der Waals surface area contributed by atoms with E-state index in [0.29, 0.717) is 0 Å². The first-order chi connectivity index (χ1) is 13.8. The van der Waals surface area contributed by atoms with Gasteiger partial charge in [0, 0.05) is 0 Å². The van der Waals surface area contributed by atoms with Crippen LogP contribution in [0.3, 0.4) is 0 Å². The predicted molar refractivity (Wildman–Crippen MR) is 107 cm³/mol. The number of hydrazone groups is 1. The van der Waals surface area contributed by atoms with Crippen molar-refractivity contribution < 1.29 is 60.3 Å². The Bertz CT molecular complexity index is 1280. The van der Waals surface area contributed by atoms with Crippen molar-refractivity contribution in [1.82, 2.24) is 0 Å². The van der Waals surface area contributed by atoms with Crippen molar-refractivity contribution >= 4 is 66.6 Å². The van der Waals surface area contributed by atoms with Gasteiger partial charge in [0.15, 0.2) is 0 Å². The third-order valence-corrected chi connectivity index (χ3v) is 5.55. The van der Waals surface area contributed by atoms with Crippen LogP contribution in [0.1, 0.15) is 0 Å². The molecule has 12 nitrogen and oxygen atoms in total. The fraction of sp³-hybridized carbons (Fsp3) is 0. The molecule has 2 aromatic carbocycles. The molecular weight excluding hydrogens is 508 g/mol. The number of amides is 1. The molecule has 0 aliphatic heterocycles. The molecule has 1 amide bonds. The van der Waals surface area contributed by atoms with E-state index in [4.69, 9.17) is 38.0 Å². The Morgan fingerprint density at radius 1 is 0.935 bits per heavy atom. The van der Waals surface area contributed by atoms with E-state index >= 15 is 0 Å². The topological polar surface area (TPSA) is 201 Å². The minimum absolute atomic E-state index is 0. The number of amidine groups is 1. The van der Waals surface area contributed by atoms with Crippen molar-refractivity contribution in [1.29, 1.82) is 0 Å². The molecule has 17 heteroatoms. The summed E-state index contributed by atoms with van der Waals surface area (Å²) in [5, 5.41) is 10.5. The van der Waals surface area contributed by atoms with Crippen LogP contribution in [0, 0.1) is 0 Å². The third kappa shape index (κ3) is 7.78. The Morgan fingerprint density at radius 2 is 1.45 bits per heavy atom. The van der Waals surface area contributed by atoms with Crippen molar-refractivity contribution in [2.75, 3.05) is 5.43 Å². The number of rotatable bonds is 5. The number of azo groups is 1. The van der Waals surface area contributed by atoms with Gasteiger partial charge in [0.1, 0.15) is 5.69 Å². The zero-order chi connectivity index (χ0) is 22.7. The number of carbonyl (C=O) groups is 1. The van der Waals surface area contributed by atoms with Crippen molar-refractivity contribution in [3.63, 3.8) is 0 Å². The van der Waals surface area contributed by atoms with Crippen LogP contribution in [-0.4, -0.2) is 37.7 Å². The van der Waals surface area contributed by atoms with Crippen LogP contribution in [0.15, 0.2) is 61.5 Å². The van der Waals surface area contributed by atoms with Gasteiger partial charge < -0.3 is 5.73 Å². The molecule has 0 spiro atoms. The van der Waals surface area contributed by atoms with Crippen LogP contribution in [0.5, 0.6) is 0 Å². The Morgan fingerprint density at radius 3 is 1.97 bits per heavy atom. The second-order valence-electron chi connectivity index (χ2n) is 5.32. The maximum Gasteiger partial charge on any atom is 1.00 e. The molecule has 0 bridgehead atoms. The summed E-state index contributed by atoms with van der Waals surface area (Å²) in [5.41, 5.74) is 7.04. The molecule has 0 heterocycles. The number of nitrogens with two attached hydrogens (primary N) is 1. The van der Waals surface area contributed by atoms with Gasteiger partial charge in [-0.2, -0.15) is 16.8 Å². The number of hydrogen-bond acceptors (Lipinski definition) is 8. The van der Waals surface area contributed by atoms with E-state index < -0.39 is 41.8 Å². The molecule has 160 valence electrons. The Kier molecular flexibility index (Phi) is 9.55. The summed E-state index contributed by atoms with van der Waals surface area (Å²) in [6.45, 7) is 0. The summed E-state index contributed by atoms with van der Waals surface area (Å²) >= 11 is 11.8. The molecule has 0 saturated carbocycles. The van der Waals surface area contributed by atoms with E-state index in [2.05, 4.69) is 20.8 Å². The quantitative estimate of drug-likeness (QED) is 0.101. The van der Waals surface area contributed by atoms with Crippen LogP contribution in [-0.2, 0) is 25.0 Å². The van der Waals surface area contributed by atoms with Gasteiger partial charge in [-0.15, -0.1) is 15.3 Å². The van der Waals surface area contributed by atoms with E-state index in [1.807, 2.05) is 0 Å². The monoisotopic (exact) mass is 518 g/mol. The molecule has 31 heavy (non-hydrogen) atoms. The van der Waals surface area contributed by atoms with Crippen LogP contribution in [0.25, 0.3) is 0 Å². The average molecular weight is 519 g/mol. The Balaban J connectivity index is 0.00000480. The summed E-state index contributed by atoms with van der Waals surface area (Å²) < 4.78 is 62.9. The molecule has 2 aromatic rings. The molecule has 2 rings (SSSR count). The minimum atomic E-state index is -4.54. The predicted octanol–water partition coefficient (Wildman–Crippen LogP) is -0.515. The first-order valence-electron chi connectivity index (χ1n) is 7.38. The Labute approximate surface area is 208 Å². The standard InChI is InChI=1S/C14H11Cl2N5O7S2.Na/c15-9-3-1-7(29(23,24)25)5-11(9)18-20-14(13(17)22)21-19-12-6-8(30(26,27)28)2-4-10(12)16;/h1-6,18H,(H2,17,22)(H,23,24,25)(H,26,27,28);/q;+1. The fourth-order valence-corrected chi connectivity index (χ4v) is 3.14. The normalized spacial score (nSPS) is 12.5. The summed E-state index contributed by atoms with van der Waals surface area (Å²) in [6, 6.07) is 6.15. The van der Waals surface area contributed by atoms with Crippen LogP contribution >= 0.6 is 23.2 Å². The summed E-state index contributed by atoms with van der Waals surface area (Å²) in [5.74, 6) is -1.90. The number of nitrogens with zero attached hydrogens (tertiary/aromatic N) is 3. The maximum absolute atomic E-state index is 11.5. The van der Waals surface area contributed by atoms with E-state index in [1.165, 1.54) is 0 Å². The van der Waals surface area contributed by atoms with Crippen LogP contribution in [0.4, 0.5) is 11.4 Å². The molecule has 0 aliphatic carbocycles. The zero-order valence-corrected chi connectivity index (χ0v) is 20.5. The molecule has 0 saturated heterocycles. The molecule has 0 radical (unpaired) electrons. The molecule has 5 N–H and O–H groups in total. The van der Waals surface area contributed by atoms with E-state index in [9.17, 15) is 21.6 Å². The van der Waals surface area contributed by atoms with Crippen molar-refractivity contribution in [3.8, 4) is 0 Å². The molecular formula is C14H11Cl2N5NaO7S2+. The second-order valence-corrected chi connectivity index (χ2v) is 8.97. The zero-order valence-electron chi connectivity index (χ0n) is 15.4. The Hall–Kier alpha value is -1.62. The summed E-state index contributed by atoms with van der Waals surface area (Å²) in [4.78, 5) is 10.5. The van der Waals surface area contributed by atoms with Crippen molar-refractivity contribution in [3.05, 3.63) is 46.4 Å². The maximum atomic E-state index is 11.5. The second kappa shape index (κ2) is 10.8. The van der Waals surface area contributed by atoms with Crippen LogP contribution in [0.2, 0.25) is 10.0 Å². The minimum Gasteiger partial charge on any atom is -0.363 e. The molecule has 0 aromatic heterocycles. The number of hydrogen-bond donors (Lipinski definition) is 4. The fourth-order valence-electron chi connectivity index (χ4n) is 1.82. The van der Waals surface area contributed by atoms with Gasteiger partial charge in [0.25, 0.3) is 32.0 Å². The smallest absolute Gasteiger partial charge is 0.363 e. The summed E-state index contributed by atoms with van der Waals surface area (Å²) in [6.07, 6.45) is 0. The SMILES string of the molecule is NC(=O)C(N=Nc1cc(S(=O)(=O)O)ccc1Cl)=NNc1cc(S(=O)(=O)O)ccc1Cl.[Na+]. The number of benzene rings is 2. The van der Waals surface area contributed by atoms with Gasteiger partial charge in [-0.25, -0.2) is 0 Å². The molecule has 0 unspecified atom stereocenters.